The number of hydrogen-bond acceptors (Lipinski definition) is 3. The predicted octanol–water partition coefficient (Wildman–Crippen LogP) is 1.37. The third-order valence-corrected chi connectivity index (χ3v) is 3.35. The van der Waals surface area contributed by atoms with Crippen LogP contribution in [0.4, 0.5) is 0 Å². The molecular weight excluding hydrogens is 279 g/mol. The zero-order valence-electron chi connectivity index (χ0n) is 11.1. The number of carbonyl (C=O) groups is 1. The van der Waals surface area contributed by atoms with Gasteiger partial charge in [-0.2, -0.15) is 0 Å². The Morgan fingerprint density at radius 2 is 1.38 bits per heavy atom. The summed E-state index contributed by atoms with van der Waals surface area (Å²) in [6.45, 7) is 0. The maximum atomic E-state index is 11.3. The van der Waals surface area contributed by atoms with E-state index in [0.717, 1.165) is 0 Å². The fraction of sp³-hybridized carbons (Fsp3) is 0.188. The van der Waals surface area contributed by atoms with Crippen molar-refractivity contribution in [3.05, 3.63) is 71.8 Å². The molecule has 0 bridgehead atoms. The molecule has 2 N–H and O–H groups in total. The molecule has 106 valence electrons. The molecule has 0 saturated heterocycles. The molecular formula is C16H17NaO4. The molecule has 0 aromatic heterocycles. The fourth-order valence-corrected chi connectivity index (χ4v) is 2.38. The van der Waals surface area contributed by atoms with Gasteiger partial charge in [0.05, 0.1) is 0 Å². The van der Waals surface area contributed by atoms with E-state index < -0.39 is 17.7 Å². The average Bonchev–Trinajstić information content (AvgIpc) is 2.50. The second-order valence-corrected chi connectivity index (χ2v) is 4.41. The van der Waals surface area contributed by atoms with E-state index in [-0.39, 0.29) is 29.6 Å². The zero-order chi connectivity index (χ0) is 14.6. The predicted molar refractivity (Wildman–Crippen MR) is 81.5 cm³/mol. The monoisotopic (exact) mass is 296 g/mol. The molecule has 5 heteroatoms. The third kappa shape index (κ3) is 3.36. The van der Waals surface area contributed by atoms with Gasteiger partial charge in [0.15, 0.2) is 11.7 Å². The van der Waals surface area contributed by atoms with E-state index in [1.54, 1.807) is 48.5 Å². The number of aliphatic hydroxyl groups excluding tert-OH is 1. The summed E-state index contributed by atoms with van der Waals surface area (Å²) in [5, 5.41) is 19.5. The van der Waals surface area contributed by atoms with Crippen molar-refractivity contribution in [3.63, 3.8) is 0 Å². The molecule has 2 aromatic carbocycles. The number of benzene rings is 2. The summed E-state index contributed by atoms with van der Waals surface area (Å²) in [4.78, 5) is 11.3. The second kappa shape index (κ2) is 7.73. The number of methoxy groups -OCH3 is 1. The van der Waals surface area contributed by atoms with Crippen molar-refractivity contribution in [2.75, 3.05) is 7.11 Å². The molecule has 0 aliphatic heterocycles. The number of carboxylic acid groups (broad SMARTS) is 1. The van der Waals surface area contributed by atoms with E-state index in [1.165, 1.54) is 7.11 Å². The van der Waals surface area contributed by atoms with Crippen LogP contribution in [-0.4, -0.2) is 59.0 Å². The maximum absolute atomic E-state index is 11.3. The molecule has 0 heterocycles. The van der Waals surface area contributed by atoms with Gasteiger partial charge in [0, 0.05) is 7.11 Å². The Balaban J connectivity index is 0.00000220. The summed E-state index contributed by atoms with van der Waals surface area (Å²) in [6.07, 6.45) is -1.71. The van der Waals surface area contributed by atoms with E-state index in [1.807, 2.05) is 12.1 Å². The van der Waals surface area contributed by atoms with Crippen molar-refractivity contribution in [1.82, 2.24) is 0 Å². The van der Waals surface area contributed by atoms with Crippen LogP contribution < -0.4 is 0 Å². The number of rotatable bonds is 5. The van der Waals surface area contributed by atoms with Crippen LogP contribution in [0.1, 0.15) is 11.1 Å². The Bertz CT molecular complexity index is 532. The van der Waals surface area contributed by atoms with Crippen LogP contribution in [0.2, 0.25) is 0 Å². The summed E-state index contributed by atoms with van der Waals surface area (Å²) in [5.41, 5.74) is -0.263. The first-order chi connectivity index (χ1) is 9.63. The van der Waals surface area contributed by atoms with Crippen molar-refractivity contribution in [2.45, 2.75) is 11.7 Å². The van der Waals surface area contributed by atoms with E-state index in [4.69, 9.17) is 4.74 Å². The van der Waals surface area contributed by atoms with E-state index in [9.17, 15) is 15.0 Å². The van der Waals surface area contributed by atoms with Gasteiger partial charge >= 0.3 is 35.5 Å². The molecule has 1 atom stereocenters. The van der Waals surface area contributed by atoms with Crippen molar-refractivity contribution >= 4 is 35.5 Å². The van der Waals surface area contributed by atoms with Crippen molar-refractivity contribution in [1.29, 1.82) is 0 Å². The molecule has 2 aromatic rings. The van der Waals surface area contributed by atoms with Gasteiger partial charge in [-0.3, -0.25) is 0 Å². The van der Waals surface area contributed by atoms with Crippen LogP contribution in [0.3, 0.4) is 0 Å². The molecule has 4 nitrogen and oxygen atoms in total. The first-order valence-corrected chi connectivity index (χ1v) is 6.20. The number of aliphatic carboxylic acids is 1. The Kier molecular flexibility index (Phi) is 6.58. The minimum absolute atomic E-state index is 0. The van der Waals surface area contributed by atoms with Gasteiger partial charge in [-0.05, 0) is 11.1 Å². The molecule has 21 heavy (non-hydrogen) atoms. The molecule has 1 unspecified atom stereocenters. The van der Waals surface area contributed by atoms with Crippen LogP contribution in [0.25, 0.3) is 0 Å². The Morgan fingerprint density at radius 3 is 1.67 bits per heavy atom. The SMILES string of the molecule is COC(c1ccccc1)(c1ccccc1)C(O)C(=O)O.[NaH]. The number of aliphatic hydroxyl groups is 1. The third-order valence-electron chi connectivity index (χ3n) is 3.35. The first-order valence-electron chi connectivity index (χ1n) is 6.20. The number of hydrogen-bond donors (Lipinski definition) is 2. The molecule has 0 aliphatic rings. The Labute approximate surface area is 145 Å². The topological polar surface area (TPSA) is 66.8 Å². The molecule has 2 rings (SSSR count). The van der Waals surface area contributed by atoms with Crippen LogP contribution in [-0.2, 0) is 15.1 Å². The molecule has 0 fully saturated rings. The molecule has 0 spiro atoms. The fourth-order valence-electron chi connectivity index (χ4n) is 2.38. The van der Waals surface area contributed by atoms with Gasteiger partial charge in [-0.15, -0.1) is 0 Å². The standard InChI is InChI=1S/C16H16O4.Na.H/c1-20-16(14(17)15(18)19,12-8-4-2-5-9-12)13-10-6-3-7-11-13;;/h2-11,14,17H,1H3,(H,18,19);;. The minimum atomic E-state index is -1.71. The molecule has 0 saturated carbocycles. The quantitative estimate of drug-likeness (QED) is 0.818. The van der Waals surface area contributed by atoms with Gasteiger partial charge in [0.1, 0.15) is 0 Å². The summed E-state index contributed by atoms with van der Waals surface area (Å²) >= 11 is 0. The zero-order valence-corrected chi connectivity index (χ0v) is 11.1. The first kappa shape index (κ1) is 17.9. The molecule has 0 aliphatic carbocycles. The van der Waals surface area contributed by atoms with Crippen molar-refractivity contribution in [3.8, 4) is 0 Å². The van der Waals surface area contributed by atoms with Gasteiger partial charge in [0.25, 0.3) is 0 Å². The van der Waals surface area contributed by atoms with Crippen LogP contribution in [0, 0.1) is 0 Å². The number of carboxylic acids is 1. The summed E-state index contributed by atoms with van der Waals surface area (Å²) in [6, 6.07) is 17.7. The summed E-state index contributed by atoms with van der Waals surface area (Å²) in [7, 11) is 1.40. The van der Waals surface area contributed by atoms with E-state index in [2.05, 4.69) is 0 Å². The molecule has 0 radical (unpaired) electrons. The Morgan fingerprint density at radius 1 is 1.00 bits per heavy atom. The van der Waals surface area contributed by atoms with Gasteiger partial charge in [0.2, 0.25) is 0 Å². The van der Waals surface area contributed by atoms with E-state index in [0.29, 0.717) is 11.1 Å². The van der Waals surface area contributed by atoms with Crippen LogP contribution in [0.5, 0.6) is 0 Å². The van der Waals surface area contributed by atoms with Crippen molar-refractivity contribution in [2.24, 2.45) is 0 Å². The average molecular weight is 296 g/mol. The second-order valence-electron chi connectivity index (χ2n) is 4.41. The van der Waals surface area contributed by atoms with Crippen LogP contribution in [0.15, 0.2) is 60.7 Å². The molecule has 0 amide bonds. The van der Waals surface area contributed by atoms with Gasteiger partial charge in [-0.25, -0.2) is 4.79 Å². The van der Waals surface area contributed by atoms with Gasteiger partial charge < -0.3 is 14.9 Å². The Hall–Kier alpha value is -1.17. The van der Waals surface area contributed by atoms with E-state index >= 15 is 0 Å². The van der Waals surface area contributed by atoms with Crippen LogP contribution >= 0.6 is 0 Å². The normalized spacial score (nSPS) is 12.3. The summed E-state index contributed by atoms with van der Waals surface area (Å²) in [5.74, 6) is -1.33. The number of ether oxygens (including phenoxy) is 1. The summed E-state index contributed by atoms with van der Waals surface area (Å²) < 4.78 is 5.50. The van der Waals surface area contributed by atoms with Crippen molar-refractivity contribution < 1.29 is 19.7 Å². The van der Waals surface area contributed by atoms with Gasteiger partial charge in [-0.1, -0.05) is 60.7 Å².